The third-order valence-electron chi connectivity index (χ3n) is 11.3. The molecular formula is C46H68IrNO2SSi-. The van der Waals surface area contributed by atoms with Crippen LogP contribution in [0.2, 0.25) is 15.1 Å². The predicted molar refractivity (Wildman–Crippen MR) is 229 cm³/mol. The Kier molecular flexibility index (Phi) is 15.9. The van der Waals surface area contributed by atoms with Gasteiger partial charge in [-0.1, -0.05) is 133 Å². The Labute approximate surface area is 335 Å². The molecule has 0 unspecified atom stereocenters. The number of hydrogen-bond donors (Lipinski definition) is 1. The van der Waals surface area contributed by atoms with Gasteiger partial charge in [-0.25, -0.2) is 0 Å². The van der Waals surface area contributed by atoms with E-state index in [1.165, 1.54) is 38.1 Å². The van der Waals surface area contributed by atoms with Crippen molar-refractivity contribution < 1.29 is 30.0 Å². The maximum Gasteiger partial charge on any atom is 0.162 e. The van der Waals surface area contributed by atoms with Crippen LogP contribution < -0.4 is 4.50 Å². The van der Waals surface area contributed by atoms with Crippen LogP contribution in [0.25, 0.3) is 32.1 Å². The van der Waals surface area contributed by atoms with Gasteiger partial charge in [0.1, 0.15) is 8.07 Å². The Morgan fingerprint density at radius 1 is 0.846 bits per heavy atom. The van der Waals surface area contributed by atoms with Gasteiger partial charge in [-0.15, -0.1) is 29.1 Å². The Bertz CT molecular complexity index is 1790. The molecule has 2 heterocycles. The largest absolute Gasteiger partial charge is 0.512 e. The Morgan fingerprint density at radius 2 is 1.37 bits per heavy atom. The van der Waals surface area contributed by atoms with E-state index >= 15 is 0 Å². The molecule has 52 heavy (non-hydrogen) atoms. The van der Waals surface area contributed by atoms with Crippen molar-refractivity contribution in [1.82, 2.24) is 4.98 Å². The zero-order valence-electron chi connectivity index (χ0n) is 35.2. The fraction of sp³-hybridized carbons (Fsp3) is 0.565. The number of aliphatic hydroxyl groups is 1. The Balaban J connectivity index is 0.000000497. The van der Waals surface area contributed by atoms with Crippen molar-refractivity contribution in [2.75, 3.05) is 0 Å². The standard InChI is InChI=1S/C33H44NSSi.C13H24O2.Ir/c1-21(2)27-20-24(19-23-15-13-14-16-26(23)27)28-29-25(17-18-34-28)22(3)30(35-29)36(31(4,5)6,32(7,8)9)33(10,11)12;1-5-10(6-2)12(14)9-13(15)11(7-3)8-4;/h13-18,20-21H,1-12H3;9-11,14H,5-8H2,1-4H3;/q-1;;/b;12-9-;. The molecule has 0 fully saturated rings. The molecule has 3 nitrogen and oxygen atoms in total. The SMILES string of the molecule is CCC(CC)C(=O)/C=C(\O)C(CC)CC.Cc1c([Si](C(C)(C)C)(C(C)(C)C)C(C)(C)C)sc2c(-c3[c-]c4ccccc4c(C(C)C)c3)nccc12.[Ir]. The van der Waals surface area contributed by atoms with Gasteiger partial charge in [0.2, 0.25) is 0 Å². The molecule has 0 atom stereocenters. The van der Waals surface area contributed by atoms with Gasteiger partial charge in [0, 0.05) is 54.6 Å². The van der Waals surface area contributed by atoms with Crippen LogP contribution in [0.15, 0.2) is 54.4 Å². The van der Waals surface area contributed by atoms with E-state index in [1.54, 1.807) is 4.50 Å². The minimum absolute atomic E-state index is 0. The van der Waals surface area contributed by atoms with E-state index in [0.29, 0.717) is 5.92 Å². The van der Waals surface area contributed by atoms with Gasteiger partial charge in [0.05, 0.1) is 5.76 Å². The molecule has 0 saturated heterocycles. The average molecular weight is 919 g/mol. The van der Waals surface area contributed by atoms with Crippen LogP contribution in [0, 0.1) is 24.8 Å². The number of nitrogens with zero attached hydrogens (tertiary/aromatic N) is 1. The number of rotatable bonds is 10. The molecule has 289 valence electrons. The summed E-state index contributed by atoms with van der Waals surface area (Å²) in [7, 11) is -2.12. The Hall–Kier alpha value is -2.11. The smallest absolute Gasteiger partial charge is 0.162 e. The van der Waals surface area contributed by atoms with Gasteiger partial charge in [-0.3, -0.25) is 9.78 Å². The number of thiophene rings is 1. The summed E-state index contributed by atoms with van der Waals surface area (Å²) in [4.78, 5) is 16.7. The summed E-state index contributed by atoms with van der Waals surface area (Å²) in [6.45, 7) is 37.4. The van der Waals surface area contributed by atoms with Crippen molar-refractivity contribution in [3.8, 4) is 11.3 Å². The summed E-state index contributed by atoms with van der Waals surface area (Å²) in [6, 6.07) is 17.0. The monoisotopic (exact) mass is 919 g/mol. The summed E-state index contributed by atoms with van der Waals surface area (Å²) in [6.07, 6.45) is 6.91. The number of aliphatic hydroxyl groups excluding tert-OH is 1. The van der Waals surface area contributed by atoms with Crippen LogP contribution in [0.3, 0.4) is 0 Å². The normalized spacial score (nSPS) is 13.2. The number of carbonyl (C=O) groups excluding carboxylic acids is 1. The van der Waals surface area contributed by atoms with Crippen molar-refractivity contribution in [2.24, 2.45) is 11.8 Å². The van der Waals surface area contributed by atoms with Crippen molar-refractivity contribution in [3.63, 3.8) is 0 Å². The molecule has 0 aliphatic heterocycles. The maximum atomic E-state index is 11.7. The van der Waals surface area contributed by atoms with E-state index in [1.807, 2.05) is 45.2 Å². The summed E-state index contributed by atoms with van der Waals surface area (Å²) in [5.41, 5.74) is 5.04. The van der Waals surface area contributed by atoms with Gasteiger partial charge in [0.15, 0.2) is 5.78 Å². The molecule has 2 aromatic heterocycles. The third-order valence-corrected chi connectivity index (χ3v) is 21.5. The third kappa shape index (κ3) is 9.04. The molecule has 0 amide bonds. The van der Waals surface area contributed by atoms with E-state index < -0.39 is 8.07 Å². The quantitative estimate of drug-likeness (QED) is 0.0746. The molecule has 0 bridgehead atoms. The molecular weight excluding hydrogens is 851 g/mol. The van der Waals surface area contributed by atoms with Crippen molar-refractivity contribution in [2.45, 2.75) is 157 Å². The van der Waals surface area contributed by atoms with Crippen molar-refractivity contribution in [1.29, 1.82) is 0 Å². The fourth-order valence-corrected chi connectivity index (χ4v) is 24.0. The molecule has 2 aromatic carbocycles. The van der Waals surface area contributed by atoms with Gasteiger partial charge < -0.3 is 5.11 Å². The molecule has 4 aromatic rings. The van der Waals surface area contributed by atoms with E-state index in [0.717, 1.165) is 36.9 Å². The van der Waals surface area contributed by atoms with Crippen LogP contribution in [0.1, 0.15) is 147 Å². The second-order valence-corrected chi connectivity index (χ2v) is 25.8. The van der Waals surface area contributed by atoms with Crippen molar-refractivity contribution >= 4 is 50.6 Å². The molecule has 0 spiro atoms. The minimum atomic E-state index is -2.12. The number of aryl methyl sites for hydroxylation is 1. The number of benzene rings is 2. The topological polar surface area (TPSA) is 50.2 Å². The van der Waals surface area contributed by atoms with Crippen LogP contribution in [-0.4, -0.2) is 23.9 Å². The van der Waals surface area contributed by atoms with Gasteiger partial charge in [0.25, 0.3) is 0 Å². The predicted octanol–water partition coefficient (Wildman–Crippen LogP) is 14.3. The molecule has 1 radical (unpaired) electrons. The molecule has 0 saturated carbocycles. The molecule has 0 aliphatic rings. The van der Waals surface area contributed by atoms with Gasteiger partial charge in [-0.05, 0) is 75.2 Å². The summed E-state index contributed by atoms with van der Waals surface area (Å²) in [5.74, 6) is 0.983. The summed E-state index contributed by atoms with van der Waals surface area (Å²) >= 11 is 2.03. The second-order valence-electron chi connectivity index (χ2n) is 17.9. The zero-order chi connectivity index (χ0) is 38.7. The number of fused-ring (bicyclic) bond motifs is 2. The van der Waals surface area contributed by atoms with Crippen LogP contribution in [0.5, 0.6) is 0 Å². The zero-order valence-corrected chi connectivity index (χ0v) is 39.4. The molecule has 1 N–H and O–H groups in total. The fourth-order valence-electron chi connectivity index (χ4n) is 9.74. The summed E-state index contributed by atoms with van der Waals surface area (Å²) < 4.78 is 2.96. The number of ketones is 1. The first kappa shape index (κ1) is 46.0. The van der Waals surface area contributed by atoms with Gasteiger partial charge >= 0.3 is 0 Å². The van der Waals surface area contributed by atoms with Crippen LogP contribution in [0.4, 0.5) is 0 Å². The first-order chi connectivity index (χ1) is 23.6. The second kappa shape index (κ2) is 18.0. The minimum Gasteiger partial charge on any atom is -0.512 e. The van der Waals surface area contributed by atoms with Gasteiger partial charge in [-0.2, -0.15) is 11.3 Å². The number of hydrogen-bond acceptors (Lipinski definition) is 4. The Morgan fingerprint density at radius 3 is 1.85 bits per heavy atom. The van der Waals surface area contributed by atoms with E-state index in [4.69, 9.17) is 4.98 Å². The summed E-state index contributed by atoms with van der Waals surface area (Å²) in [5, 5.41) is 14.2. The average Bonchev–Trinajstić information content (AvgIpc) is 3.35. The molecule has 4 rings (SSSR count). The van der Waals surface area contributed by atoms with E-state index in [9.17, 15) is 9.90 Å². The molecule has 0 aliphatic carbocycles. The first-order valence-electron chi connectivity index (χ1n) is 19.4. The number of carbonyl (C=O) groups is 1. The van der Waals surface area contributed by atoms with Crippen LogP contribution in [-0.2, 0) is 24.9 Å². The number of allylic oxidation sites excluding steroid dienone is 2. The van der Waals surface area contributed by atoms with Crippen molar-refractivity contribution in [3.05, 3.63) is 71.6 Å². The van der Waals surface area contributed by atoms with E-state index in [-0.39, 0.29) is 58.6 Å². The number of aromatic nitrogens is 1. The van der Waals surface area contributed by atoms with E-state index in [2.05, 4.69) is 126 Å². The first-order valence-corrected chi connectivity index (χ1v) is 22.2. The number of pyridine rings is 1. The maximum absolute atomic E-state index is 11.7. The van der Waals surface area contributed by atoms with Crippen LogP contribution >= 0.6 is 11.3 Å². The molecule has 6 heteroatoms.